The van der Waals surface area contributed by atoms with Gasteiger partial charge >= 0.3 is 5.97 Å². The van der Waals surface area contributed by atoms with Crippen LogP contribution in [-0.4, -0.2) is 18.2 Å². The van der Waals surface area contributed by atoms with Gasteiger partial charge in [-0.15, -0.1) is 0 Å². The van der Waals surface area contributed by atoms with Crippen molar-refractivity contribution >= 4 is 5.97 Å². The number of benzene rings is 1. The first kappa shape index (κ1) is 16.4. The molecule has 0 heterocycles. The SMILES string of the molecule is COc1c(C)cc(C(F)(F)CC(C)CC(=O)O)cc1C. The summed E-state index contributed by atoms with van der Waals surface area (Å²) in [7, 11) is 1.50. The average molecular weight is 286 g/mol. The molecule has 1 atom stereocenters. The summed E-state index contributed by atoms with van der Waals surface area (Å²) >= 11 is 0. The van der Waals surface area contributed by atoms with Crippen molar-refractivity contribution in [3.63, 3.8) is 0 Å². The number of alkyl halides is 2. The van der Waals surface area contributed by atoms with Crippen molar-refractivity contribution in [3.05, 3.63) is 28.8 Å². The number of aliphatic carboxylic acids is 1. The van der Waals surface area contributed by atoms with Gasteiger partial charge in [-0.1, -0.05) is 6.92 Å². The lowest BCUT2D eigenvalue weighted by Gasteiger charge is -2.22. The van der Waals surface area contributed by atoms with Gasteiger partial charge in [0.05, 0.1) is 7.11 Å². The first-order chi connectivity index (χ1) is 9.17. The predicted octanol–water partition coefficient (Wildman–Crippen LogP) is 3.90. The van der Waals surface area contributed by atoms with E-state index in [0.29, 0.717) is 16.9 Å². The number of carboxylic acid groups (broad SMARTS) is 1. The molecule has 112 valence electrons. The summed E-state index contributed by atoms with van der Waals surface area (Å²) in [5.74, 6) is -4.10. The summed E-state index contributed by atoms with van der Waals surface area (Å²) in [6.07, 6.45) is -0.742. The van der Waals surface area contributed by atoms with E-state index in [9.17, 15) is 13.6 Å². The number of hydrogen-bond acceptors (Lipinski definition) is 2. The monoisotopic (exact) mass is 286 g/mol. The molecule has 3 nitrogen and oxygen atoms in total. The minimum atomic E-state index is -3.04. The second-order valence-corrected chi connectivity index (χ2v) is 5.25. The van der Waals surface area contributed by atoms with Crippen LogP contribution in [0.4, 0.5) is 8.78 Å². The molecule has 1 aromatic rings. The Kier molecular flexibility index (Phi) is 5.09. The maximum absolute atomic E-state index is 14.2. The quantitative estimate of drug-likeness (QED) is 0.862. The molecule has 0 bridgehead atoms. The van der Waals surface area contributed by atoms with Crippen LogP contribution >= 0.6 is 0 Å². The molecule has 20 heavy (non-hydrogen) atoms. The highest BCUT2D eigenvalue weighted by molar-refractivity contribution is 5.66. The highest BCUT2D eigenvalue weighted by Gasteiger charge is 2.34. The van der Waals surface area contributed by atoms with Crippen LogP contribution in [0.25, 0.3) is 0 Å². The minimum absolute atomic E-state index is 0.0921. The van der Waals surface area contributed by atoms with Gasteiger partial charge in [0, 0.05) is 18.4 Å². The highest BCUT2D eigenvalue weighted by atomic mass is 19.3. The number of halogens is 2. The van der Waals surface area contributed by atoms with Gasteiger partial charge in [0.2, 0.25) is 0 Å². The van der Waals surface area contributed by atoms with Crippen LogP contribution in [0.1, 0.15) is 36.5 Å². The maximum atomic E-state index is 14.2. The summed E-state index contributed by atoms with van der Waals surface area (Å²) < 4.78 is 33.6. The molecule has 0 fully saturated rings. The molecule has 0 aliphatic heterocycles. The third-order valence-electron chi connectivity index (χ3n) is 3.21. The molecule has 0 aliphatic carbocycles. The molecule has 0 saturated heterocycles. The van der Waals surface area contributed by atoms with E-state index in [2.05, 4.69) is 0 Å². The molecule has 1 aromatic carbocycles. The molecule has 0 saturated carbocycles. The van der Waals surface area contributed by atoms with Crippen molar-refractivity contribution in [2.24, 2.45) is 5.92 Å². The van der Waals surface area contributed by atoms with E-state index >= 15 is 0 Å². The van der Waals surface area contributed by atoms with Gasteiger partial charge in [-0.2, -0.15) is 0 Å². The topological polar surface area (TPSA) is 46.5 Å². The molecule has 0 aromatic heterocycles. The van der Waals surface area contributed by atoms with Crippen LogP contribution < -0.4 is 4.74 Å². The van der Waals surface area contributed by atoms with Gasteiger partial charge in [-0.05, 0) is 43.0 Å². The van der Waals surface area contributed by atoms with Crippen LogP contribution in [0.3, 0.4) is 0 Å². The van der Waals surface area contributed by atoms with E-state index in [1.807, 2.05) is 0 Å². The van der Waals surface area contributed by atoms with Crippen LogP contribution in [0.5, 0.6) is 5.75 Å². The van der Waals surface area contributed by atoms with Crippen molar-refractivity contribution in [1.82, 2.24) is 0 Å². The Bertz CT molecular complexity index is 475. The predicted molar refractivity (Wildman–Crippen MR) is 72.4 cm³/mol. The summed E-state index contributed by atoms with van der Waals surface area (Å²) in [6.45, 7) is 4.95. The van der Waals surface area contributed by atoms with Gasteiger partial charge in [0.1, 0.15) is 5.75 Å². The molecule has 0 spiro atoms. The van der Waals surface area contributed by atoms with Crippen LogP contribution in [-0.2, 0) is 10.7 Å². The summed E-state index contributed by atoms with van der Waals surface area (Å²) in [6, 6.07) is 2.80. The molecule has 0 aliphatic rings. The lowest BCUT2D eigenvalue weighted by molar-refractivity contribution is -0.138. The third-order valence-corrected chi connectivity index (χ3v) is 3.21. The van der Waals surface area contributed by atoms with E-state index in [4.69, 9.17) is 9.84 Å². The van der Waals surface area contributed by atoms with E-state index < -0.39 is 24.2 Å². The van der Waals surface area contributed by atoms with Gasteiger partial charge in [0.25, 0.3) is 5.92 Å². The van der Waals surface area contributed by atoms with Crippen molar-refractivity contribution in [2.45, 2.75) is 39.5 Å². The van der Waals surface area contributed by atoms with Gasteiger partial charge < -0.3 is 9.84 Å². The second kappa shape index (κ2) is 6.20. The van der Waals surface area contributed by atoms with E-state index in [1.165, 1.54) is 26.2 Å². The first-order valence-corrected chi connectivity index (χ1v) is 6.42. The molecule has 1 rings (SSSR count). The van der Waals surface area contributed by atoms with Gasteiger partial charge in [0.15, 0.2) is 0 Å². The zero-order valence-corrected chi connectivity index (χ0v) is 12.2. The standard InChI is InChI=1S/C15H20F2O3/c1-9(5-13(18)19)8-15(16,17)12-6-10(2)14(20-4)11(3)7-12/h6-7,9H,5,8H2,1-4H3,(H,18,19). The van der Waals surface area contributed by atoms with Gasteiger partial charge in [-0.25, -0.2) is 8.78 Å². The molecule has 5 heteroatoms. The molecular weight excluding hydrogens is 266 g/mol. The van der Waals surface area contributed by atoms with E-state index in [-0.39, 0.29) is 12.0 Å². The third kappa shape index (κ3) is 3.92. The zero-order chi connectivity index (χ0) is 15.5. The van der Waals surface area contributed by atoms with E-state index in [1.54, 1.807) is 13.8 Å². The smallest absolute Gasteiger partial charge is 0.303 e. The Morgan fingerprint density at radius 3 is 2.25 bits per heavy atom. The largest absolute Gasteiger partial charge is 0.496 e. The minimum Gasteiger partial charge on any atom is -0.496 e. The summed E-state index contributed by atoms with van der Waals surface area (Å²) in [5, 5.41) is 8.65. The number of methoxy groups -OCH3 is 1. The van der Waals surface area contributed by atoms with Crippen molar-refractivity contribution in [1.29, 1.82) is 0 Å². The normalized spacial score (nSPS) is 13.1. The zero-order valence-electron chi connectivity index (χ0n) is 12.2. The molecule has 1 unspecified atom stereocenters. The molecule has 0 radical (unpaired) electrons. The maximum Gasteiger partial charge on any atom is 0.303 e. The van der Waals surface area contributed by atoms with Gasteiger partial charge in [-0.3, -0.25) is 4.79 Å². The Morgan fingerprint density at radius 1 is 1.35 bits per heavy atom. The Hall–Kier alpha value is -1.65. The lowest BCUT2D eigenvalue weighted by atomic mass is 9.93. The fourth-order valence-electron chi connectivity index (χ4n) is 2.41. The average Bonchev–Trinajstić information content (AvgIpc) is 2.26. The Morgan fingerprint density at radius 2 is 1.85 bits per heavy atom. The number of hydrogen-bond donors (Lipinski definition) is 1. The Labute approximate surface area is 117 Å². The summed E-state index contributed by atoms with van der Waals surface area (Å²) in [5.41, 5.74) is 1.20. The number of aryl methyl sites for hydroxylation is 2. The van der Waals surface area contributed by atoms with Crippen LogP contribution in [0.2, 0.25) is 0 Å². The fourth-order valence-corrected chi connectivity index (χ4v) is 2.41. The molecule has 1 N–H and O–H groups in total. The number of ether oxygens (including phenoxy) is 1. The van der Waals surface area contributed by atoms with E-state index in [0.717, 1.165) is 0 Å². The highest BCUT2D eigenvalue weighted by Crippen LogP contribution is 2.38. The fraction of sp³-hybridized carbons (Fsp3) is 0.533. The second-order valence-electron chi connectivity index (χ2n) is 5.25. The molecular formula is C15H20F2O3. The number of carboxylic acids is 1. The van der Waals surface area contributed by atoms with Crippen LogP contribution in [0, 0.1) is 19.8 Å². The molecule has 0 amide bonds. The van der Waals surface area contributed by atoms with Crippen molar-refractivity contribution in [2.75, 3.05) is 7.11 Å². The number of carbonyl (C=O) groups is 1. The van der Waals surface area contributed by atoms with Crippen LogP contribution in [0.15, 0.2) is 12.1 Å². The Balaban J connectivity index is 3.00. The number of rotatable bonds is 6. The first-order valence-electron chi connectivity index (χ1n) is 6.42. The lowest BCUT2D eigenvalue weighted by Crippen LogP contribution is -2.19. The van der Waals surface area contributed by atoms with Crippen molar-refractivity contribution in [3.8, 4) is 5.75 Å². The summed E-state index contributed by atoms with van der Waals surface area (Å²) in [4.78, 5) is 10.6. The van der Waals surface area contributed by atoms with Crippen molar-refractivity contribution < 1.29 is 23.4 Å².